The number of hydrogen-bond donors (Lipinski definition) is 3. The quantitative estimate of drug-likeness (QED) is 0.209. The van der Waals surface area contributed by atoms with E-state index < -0.39 is 24.0 Å². The van der Waals surface area contributed by atoms with E-state index in [9.17, 15) is 19.5 Å². The van der Waals surface area contributed by atoms with Gasteiger partial charge in [0.05, 0.1) is 0 Å². The fraction of sp³-hybridized carbons (Fsp3) is 0.441. The number of oxazole rings is 1. The molecular formula is C34H42N6O5. The second kappa shape index (κ2) is 14.4. The summed E-state index contributed by atoms with van der Waals surface area (Å²) in [6.07, 6.45) is 8.51. The molecule has 11 heteroatoms. The summed E-state index contributed by atoms with van der Waals surface area (Å²) < 4.78 is 8.37. The molecule has 3 N–H and O–H groups in total. The van der Waals surface area contributed by atoms with Crippen LogP contribution >= 0.6 is 0 Å². The number of pyridine rings is 1. The lowest BCUT2D eigenvalue weighted by molar-refractivity contribution is -0.139. The highest BCUT2D eigenvalue weighted by molar-refractivity contribution is 5.96. The van der Waals surface area contributed by atoms with Crippen molar-refractivity contribution in [1.82, 2.24) is 30.1 Å². The largest absolute Gasteiger partial charge is 0.480 e. The number of aromatic nitrogens is 3. The van der Waals surface area contributed by atoms with Gasteiger partial charge in [0.2, 0.25) is 5.89 Å². The zero-order valence-corrected chi connectivity index (χ0v) is 26.2. The second-order valence-corrected chi connectivity index (χ2v) is 12.2. The van der Waals surface area contributed by atoms with E-state index in [1.807, 2.05) is 60.8 Å². The monoisotopic (exact) mass is 614 g/mol. The van der Waals surface area contributed by atoms with Gasteiger partial charge in [0.15, 0.2) is 5.69 Å². The van der Waals surface area contributed by atoms with Gasteiger partial charge in [-0.25, -0.2) is 14.6 Å². The van der Waals surface area contributed by atoms with Gasteiger partial charge in [0.1, 0.15) is 17.8 Å². The zero-order valence-electron chi connectivity index (χ0n) is 26.2. The first kappa shape index (κ1) is 31.7. The third-order valence-corrected chi connectivity index (χ3v) is 8.20. The summed E-state index contributed by atoms with van der Waals surface area (Å²) in [4.78, 5) is 50.0. The van der Waals surface area contributed by atoms with E-state index >= 15 is 0 Å². The Morgan fingerprint density at radius 1 is 1.00 bits per heavy atom. The van der Waals surface area contributed by atoms with Gasteiger partial charge in [0, 0.05) is 62.0 Å². The van der Waals surface area contributed by atoms with Crippen LogP contribution in [0.25, 0.3) is 10.9 Å². The molecule has 0 bridgehead atoms. The molecule has 45 heavy (non-hydrogen) atoms. The van der Waals surface area contributed by atoms with E-state index in [0.29, 0.717) is 31.0 Å². The molecule has 4 heterocycles. The van der Waals surface area contributed by atoms with Crippen molar-refractivity contribution in [2.75, 3.05) is 13.1 Å². The number of fused-ring (bicyclic) bond motifs is 1. The van der Waals surface area contributed by atoms with E-state index in [2.05, 4.69) is 20.6 Å². The van der Waals surface area contributed by atoms with E-state index in [4.69, 9.17) is 4.42 Å². The molecule has 1 aliphatic rings. The normalized spacial score (nSPS) is 15.1. The number of benzene rings is 1. The molecular weight excluding hydrogens is 572 g/mol. The van der Waals surface area contributed by atoms with Crippen molar-refractivity contribution in [3.63, 3.8) is 0 Å². The predicted octanol–water partition coefficient (Wildman–Crippen LogP) is 5.25. The highest BCUT2D eigenvalue weighted by Crippen LogP contribution is 2.29. The first-order chi connectivity index (χ1) is 21.7. The van der Waals surface area contributed by atoms with Crippen molar-refractivity contribution in [2.24, 2.45) is 13.0 Å². The summed E-state index contributed by atoms with van der Waals surface area (Å²) >= 11 is 0. The van der Waals surface area contributed by atoms with Crippen LogP contribution in [0.4, 0.5) is 4.79 Å². The Labute approximate surface area is 263 Å². The molecule has 0 saturated carbocycles. The minimum Gasteiger partial charge on any atom is -0.480 e. The predicted molar refractivity (Wildman–Crippen MR) is 170 cm³/mol. The molecule has 0 unspecified atom stereocenters. The lowest BCUT2D eigenvalue weighted by Crippen LogP contribution is -2.43. The molecule has 11 nitrogen and oxygen atoms in total. The number of carbonyl (C=O) groups is 3. The molecule has 238 valence electrons. The van der Waals surface area contributed by atoms with Crippen LogP contribution in [0.3, 0.4) is 0 Å². The molecule has 1 saturated heterocycles. The van der Waals surface area contributed by atoms with Crippen molar-refractivity contribution < 1.29 is 23.9 Å². The molecule has 4 aromatic rings. The Kier molecular flexibility index (Phi) is 10.2. The molecule has 0 aliphatic carbocycles. The van der Waals surface area contributed by atoms with Crippen molar-refractivity contribution in [1.29, 1.82) is 0 Å². The fourth-order valence-electron chi connectivity index (χ4n) is 5.92. The third-order valence-electron chi connectivity index (χ3n) is 8.20. The summed E-state index contributed by atoms with van der Waals surface area (Å²) in [5.74, 6) is -1.12. The summed E-state index contributed by atoms with van der Waals surface area (Å²) in [7, 11) is 1.96. The van der Waals surface area contributed by atoms with Crippen LogP contribution in [0.1, 0.15) is 85.4 Å². The first-order valence-electron chi connectivity index (χ1n) is 15.7. The molecule has 3 aromatic heterocycles. The van der Waals surface area contributed by atoms with Crippen LogP contribution in [0, 0.1) is 5.92 Å². The minimum absolute atomic E-state index is 0.00276. The highest BCUT2D eigenvalue weighted by atomic mass is 16.4. The topological polar surface area (TPSA) is 143 Å². The van der Waals surface area contributed by atoms with Crippen LogP contribution in [-0.2, 0) is 24.7 Å². The number of hydrogen-bond acceptors (Lipinski definition) is 6. The molecule has 5 rings (SSSR count). The Morgan fingerprint density at radius 3 is 2.42 bits per heavy atom. The Bertz CT molecular complexity index is 1620. The molecule has 1 aliphatic heterocycles. The maximum Gasteiger partial charge on any atom is 0.326 e. The van der Waals surface area contributed by atoms with Gasteiger partial charge in [-0.2, -0.15) is 0 Å². The average molecular weight is 615 g/mol. The van der Waals surface area contributed by atoms with Gasteiger partial charge in [-0.1, -0.05) is 51.0 Å². The number of aliphatic carboxylic acids is 1. The Hall–Kier alpha value is -4.67. The van der Waals surface area contributed by atoms with Gasteiger partial charge >= 0.3 is 12.0 Å². The summed E-state index contributed by atoms with van der Waals surface area (Å²) in [5.41, 5.74) is 2.50. The molecule has 1 fully saturated rings. The number of carboxylic acid groups (broad SMARTS) is 1. The number of amides is 3. The molecule has 2 atom stereocenters. The van der Waals surface area contributed by atoms with Crippen molar-refractivity contribution >= 4 is 28.8 Å². The summed E-state index contributed by atoms with van der Waals surface area (Å²) in [6.45, 7) is 5.48. The fourth-order valence-corrected chi connectivity index (χ4v) is 5.92. The third kappa shape index (κ3) is 7.89. The van der Waals surface area contributed by atoms with Crippen LogP contribution in [0.2, 0.25) is 0 Å². The first-order valence-corrected chi connectivity index (χ1v) is 15.7. The number of para-hydroxylation sites is 1. The van der Waals surface area contributed by atoms with Crippen LogP contribution in [-0.4, -0.2) is 61.6 Å². The summed E-state index contributed by atoms with van der Waals surface area (Å²) in [6, 6.07) is 11.2. The van der Waals surface area contributed by atoms with Crippen LogP contribution < -0.4 is 10.6 Å². The zero-order chi connectivity index (χ0) is 31.9. The number of nitrogens with one attached hydrogen (secondary N) is 2. The Balaban J connectivity index is 1.48. The molecule has 1 aromatic carbocycles. The number of nitrogens with zero attached hydrogens (tertiary/aromatic N) is 4. The molecule has 0 radical (unpaired) electrons. The molecule has 0 spiro atoms. The maximum atomic E-state index is 13.8. The van der Waals surface area contributed by atoms with Crippen LogP contribution in [0.5, 0.6) is 0 Å². The number of carboxylic acids is 1. The SMILES string of the molecule is CC(C)C[C@H](NC(=O)N1CCCCCC1)c1nc(C(=O)N[C@@H](Cc2ccccn2)C(=O)O)c(Cc2cn(C)c3ccccc23)o1. The summed E-state index contributed by atoms with van der Waals surface area (Å²) in [5, 5.41) is 16.7. The van der Waals surface area contributed by atoms with Crippen LogP contribution in [0.15, 0.2) is 59.3 Å². The van der Waals surface area contributed by atoms with Crippen molar-refractivity contribution in [3.05, 3.63) is 83.5 Å². The average Bonchev–Trinajstić information content (AvgIpc) is 3.44. The van der Waals surface area contributed by atoms with Gasteiger partial charge in [0.25, 0.3) is 5.91 Å². The van der Waals surface area contributed by atoms with E-state index in [0.717, 1.165) is 42.1 Å². The lowest BCUT2D eigenvalue weighted by Gasteiger charge is -2.25. The number of aryl methyl sites for hydroxylation is 1. The van der Waals surface area contributed by atoms with Gasteiger partial charge in [-0.05, 0) is 48.9 Å². The standard InChI is InChI=1S/C34H42N6O5/c1-22(2)18-26(37-34(44)40-16-10-4-5-11-17-40)32-38-30(31(41)36-27(33(42)43)20-24-12-8-9-15-35-24)29(45-32)19-23-21-39(3)28-14-7-6-13-25(23)28/h6-9,12-15,21-22,26-27H,4-5,10-11,16-20H2,1-3H3,(H,36,41)(H,37,44)(H,42,43)/t26-,27-/m0/s1. The smallest absolute Gasteiger partial charge is 0.326 e. The van der Waals surface area contributed by atoms with Crippen molar-refractivity contribution in [2.45, 2.75) is 70.9 Å². The van der Waals surface area contributed by atoms with Gasteiger partial charge in [-0.15, -0.1) is 0 Å². The Morgan fingerprint density at radius 2 is 1.73 bits per heavy atom. The number of rotatable bonds is 11. The van der Waals surface area contributed by atoms with E-state index in [-0.39, 0.29) is 36.4 Å². The number of urea groups is 1. The van der Waals surface area contributed by atoms with Crippen molar-refractivity contribution in [3.8, 4) is 0 Å². The van der Waals surface area contributed by atoms with E-state index in [1.54, 1.807) is 24.4 Å². The minimum atomic E-state index is -1.23. The molecule has 3 amide bonds. The maximum absolute atomic E-state index is 13.8. The number of likely N-dealkylation sites (tertiary alicyclic amines) is 1. The van der Waals surface area contributed by atoms with E-state index in [1.165, 1.54) is 0 Å². The van der Waals surface area contributed by atoms with Gasteiger partial charge < -0.3 is 29.6 Å². The number of carbonyl (C=O) groups excluding carboxylic acids is 2. The van der Waals surface area contributed by atoms with Gasteiger partial charge in [-0.3, -0.25) is 9.78 Å². The second-order valence-electron chi connectivity index (χ2n) is 12.2. The lowest BCUT2D eigenvalue weighted by atomic mass is 10.0. The highest BCUT2D eigenvalue weighted by Gasteiger charge is 2.31.